The second-order valence-electron chi connectivity index (χ2n) is 11.0. The van der Waals surface area contributed by atoms with Crippen LogP contribution < -0.4 is 21.0 Å². The molecule has 4 amide bonds. The van der Waals surface area contributed by atoms with Gasteiger partial charge in [0.1, 0.15) is 18.4 Å². The van der Waals surface area contributed by atoms with Gasteiger partial charge in [-0.1, -0.05) is 33.6 Å². The zero-order chi connectivity index (χ0) is 26.3. The molecule has 0 bridgehead atoms. The monoisotopic (exact) mass is 505 g/mol. The molecule has 36 heavy (non-hydrogen) atoms. The summed E-state index contributed by atoms with van der Waals surface area (Å²) in [4.78, 5) is 41.8. The van der Waals surface area contributed by atoms with E-state index in [-0.39, 0.29) is 18.2 Å². The molecule has 0 spiro atoms. The Morgan fingerprint density at radius 3 is 2.36 bits per heavy atom. The van der Waals surface area contributed by atoms with Crippen molar-refractivity contribution in [3.05, 3.63) is 24.0 Å². The Hall–Kier alpha value is -2.88. The normalized spacial score (nSPS) is 17.4. The van der Waals surface area contributed by atoms with Crippen molar-refractivity contribution >= 4 is 29.2 Å². The number of hydroxylamine groups is 1. The van der Waals surface area contributed by atoms with Crippen LogP contribution in [0.4, 0.5) is 20.6 Å². The van der Waals surface area contributed by atoms with E-state index in [2.05, 4.69) is 10.6 Å². The molecule has 10 heteroatoms. The molecule has 1 aliphatic carbocycles. The quantitative estimate of drug-likeness (QED) is 0.316. The molecule has 1 unspecified atom stereocenters. The molecule has 1 atom stereocenters. The molecule has 3 rings (SSSR count). The van der Waals surface area contributed by atoms with Crippen LogP contribution in [0.5, 0.6) is 0 Å². The number of nitrogens with zero attached hydrogens (tertiary/aromatic N) is 2. The number of hydrogen-bond donors (Lipinski definition) is 4. The Morgan fingerprint density at radius 1 is 1.11 bits per heavy atom. The lowest BCUT2D eigenvalue weighted by Crippen LogP contribution is -2.57. The average Bonchev–Trinajstić information content (AvgIpc) is 3.35. The van der Waals surface area contributed by atoms with Crippen molar-refractivity contribution in [1.82, 2.24) is 15.7 Å². The first-order valence-corrected chi connectivity index (χ1v) is 12.9. The number of anilines is 2. The van der Waals surface area contributed by atoms with Crippen molar-refractivity contribution < 1.29 is 24.0 Å². The van der Waals surface area contributed by atoms with Crippen molar-refractivity contribution in [1.29, 1.82) is 0 Å². The van der Waals surface area contributed by atoms with E-state index in [1.54, 1.807) is 17.6 Å². The van der Waals surface area contributed by atoms with Gasteiger partial charge in [0.25, 0.3) is 5.91 Å². The van der Waals surface area contributed by atoms with E-state index in [0.29, 0.717) is 12.2 Å². The molecule has 9 nitrogen and oxygen atoms in total. The van der Waals surface area contributed by atoms with E-state index in [0.717, 1.165) is 58.0 Å². The largest absolute Gasteiger partial charge is 0.369 e. The molecule has 1 aromatic rings. The minimum absolute atomic E-state index is 0.274. The lowest BCUT2D eigenvalue weighted by molar-refractivity contribution is -0.142. The SMILES string of the molecule is CC(C)(C)C(NC(=O)Nc1ccc(N2CCCCC2)c(F)c1)C(=O)N(CC(=O)NO)CC1CCCC1. The van der Waals surface area contributed by atoms with Gasteiger partial charge in [-0.05, 0) is 61.6 Å². The second-order valence-corrected chi connectivity index (χ2v) is 11.0. The van der Waals surface area contributed by atoms with Crippen molar-refractivity contribution in [3.8, 4) is 0 Å². The Labute approximate surface area is 212 Å². The van der Waals surface area contributed by atoms with Crippen LogP contribution in [-0.2, 0) is 9.59 Å². The van der Waals surface area contributed by atoms with Crippen LogP contribution in [-0.4, -0.2) is 60.2 Å². The number of benzene rings is 1. The van der Waals surface area contributed by atoms with Gasteiger partial charge in [-0.3, -0.25) is 14.8 Å². The predicted molar refractivity (Wildman–Crippen MR) is 136 cm³/mol. The van der Waals surface area contributed by atoms with Crippen LogP contribution in [0.2, 0.25) is 0 Å². The highest BCUT2D eigenvalue weighted by Gasteiger charge is 2.37. The van der Waals surface area contributed by atoms with Crippen LogP contribution in [0.3, 0.4) is 0 Å². The Morgan fingerprint density at radius 2 is 1.78 bits per heavy atom. The summed E-state index contributed by atoms with van der Waals surface area (Å²) in [6.45, 7) is 7.17. The fraction of sp³-hybridized carbons (Fsp3) is 0.654. The maximum absolute atomic E-state index is 14.8. The van der Waals surface area contributed by atoms with Crippen molar-refractivity contribution in [2.24, 2.45) is 11.3 Å². The number of rotatable bonds is 8. The lowest BCUT2D eigenvalue weighted by Gasteiger charge is -2.35. The Balaban J connectivity index is 1.70. The van der Waals surface area contributed by atoms with Crippen molar-refractivity contribution in [3.63, 3.8) is 0 Å². The maximum atomic E-state index is 14.8. The minimum Gasteiger partial charge on any atom is -0.369 e. The van der Waals surface area contributed by atoms with Gasteiger partial charge in [0.2, 0.25) is 5.91 Å². The van der Waals surface area contributed by atoms with Gasteiger partial charge in [-0.15, -0.1) is 0 Å². The van der Waals surface area contributed by atoms with E-state index in [1.807, 2.05) is 25.7 Å². The highest BCUT2D eigenvalue weighted by molar-refractivity contribution is 5.95. The first kappa shape index (κ1) is 27.7. The molecular formula is C26H40FN5O4. The number of hydrogen-bond acceptors (Lipinski definition) is 5. The molecule has 2 aliphatic rings. The third-order valence-corrected chi connectivity index (χ3v) is 7.01. The molecular weight excluding hydrogens is 465 g/mol. The summed E-state index contributed by atoms with van der Waals surface area (Å²) in [5.74, 6) is -1.23. The molecule has 1 saturated carbocycles. The van der Waals surface area contributed by atoms with Gasteiger partial charge < -0.3 is 20.4 Å². The van der Waals surface area contributed by atoms with Crippen LogP contribution >= 0.6 is 0 Å². The number of amides is 4. The van der Waals surface area contributed by atoms with Crippen molar-refractivity contribution in [2.75, 3.05) is 36.4 Å². The molecule has 0 radical (unpaired) electrons. The number of urea groups is 1. The van der Waals surface area contributed by atoms with Crippen LogP contribution in [0.25, 0.3) is 0 Å². The first-order chi connectivity index (χ1) is 17.1. The van der Waals surface area contributed by atoms with E-state index < -0.39 is 35.1 Å². The zero-order valence-electron chi connectivity index (χ0n) is 21.6. The summed E-state index contributed by atoms with van der Waals surface area (Å²) in [6, 6.07) is 3.02. The fourth-order valence-corrected chi connectivity index (χ4v) is 5.05. The second kappa shape index (κ2) is 12.4. The van der Waals surface area contributed by atoms with Gasteiger partial charge in [-0.2, -0.15) is 0 Å². The van der Waals surface area contributed by atoms with E-state index >= 15 is 0 Å². The van der Waals surface area contributed by atoms with Gasteiger partial charge >= 0.3 is 6.03 Å². The van der Waals surface area contributed by atoms with Crippen LogP contribution in [0.1, 0.15) is 65.7 Å². The summed E-state index contributed by atoms with van der Waals surface area (Å²) in [6.07, 6.45) is 7.30. The summed E-state index contributed by atoms with van der Waals surface area (Å²) < 4.78 is 14.8. The first-order valence-electron chi connectivity index (χ1n) is 12.9. The molecule has 0 aromatic heterocycles. The summed E-state index contributed by atoms with van der Waals surface area (Å²) in [7, 11) is 0. The number of carbonyl (C=O) groups excluding carboxylic acids is 3. The summed E-state index contributed by atoms with van der Waals surface area (Å²) in [5.41, 5.74) is 1.73. The van der Waals surface area contributed by atoms with E-state index in [4.69, 9.17) is 5.21 Å². The Bertz CT molecular complexity index is 923. The Kier molecular flexibility index (Phi) is 9.53. The molecule has 2 fully saturated rings. The topological polar surface area (TPSA) is 114 Å². The molecule has 200 valence electrons. The zero-order valence-corrected chi connectivity index (χ0v) is 21.6. The highest BCUT2D eigenvalue weighted by Crippen LogP contribution is 2.28. The molecule has 4 N–H and O–H groups in total. The van der Waals surface area contributed by atoms with E-state index in [9.17, 15) is 18.8 Å². The predicted octanol–water partition coefficient (Wildman–Crippen LogP) is 3.88. The lowest BCUT2D eigenvalue weighted by atomic mass is 9.85. The minimum atomic E-state index is -0.942. The number of piperidine rings is 1. The smallest absolute Gasteiger partial charge is 0.319 e. The van der Waals surface area contributed by atoms with Gasteiger partial charge in [0.05, 0.1) is 5.69 Å². The number of nitrogens with one attached hydrogen (secondary N) is 3. The van der Waals surface area contributed by atoms with E-state index in [1.165, 1.54) is 11.0 Å². The van der Waals surface area contributed by atoms with Crippen molar-refractivity contribution in [2.45, 2.75) is 71.8 Å². The summed E-state index contributed by atoms with van der Waals surface area (Å²) >= 11 is 0. The summed E-state index contributed by atoms with van der Waals surface area (Å²) in [5, 5.41) is 14.4. The molecule has 1 aliphatic heterocycles. The number of carbonyl (C=O) groups is 3. The standard InChI is InChI=1S/C26H40FN5O4/c1-26(2,3)23(24(34)32(17-22(33)30-36)16-18-9-5-6-10-18)29-25(35)28-19-11-12-21(20(27)15-19)31-13-7-4-8-14-31/h11-12,15,18,23,36H,4-10,13-14,16-17H2,1-3H3,(H,30,33)(H2,28,29,35). The molecule has 1 saturated heterocycles. The number of halogens is 1. The fourth-order valence-electron chi connectivity index (χ4n) is 5.05. The van der Waals surface area contributed by atoms with Crippen LogP contribution in [0, 0.1) is 17.2 Å². The molecule has 1 aromatic carbocycles. The van der Waals surface area contributed by atoms with Gasteiger partial charge in [0.15, 0.2) is 0 Å². The van der Waals surface area contributed by atoms with Crippen LogP contribution in [0.15, 0.2) is 18.2 Å². The molecule has 1 heterocycles. The van der Waals surface area contributed by atoms with Gasteiger partial charge in [0, 0.05) is 25.3 Å². The highest BCUT2D eigenvalue weighted by atomic mass is 19.1. The third-order valence-electron chi connectivity index (χ3n) is 7.01. The van der Waals surface area contributed by atoms with Gasteiger partial charge in [-0.25, -0.2) is 14.7 Å². The average molecular weight is 506 g/mol. The maximum Gasteiger partial charge on any atom is 0.319 e. The third kappa shape index (κ3) is 7.56.